The highest BCUT2D eigenvalue weighted by Gasteiger charge is 2.42. The molecule has 130 valence electrons. The summed E-state index contributed by atoms with van der Waals surface area (Å²) < 4.78 is 5.84. The molecule has 2 amide bonds. The van der Waals surface area contributed by atoms with Crippen molar-refractivity contribution < 1.29 is 14.3 Å². The molecule has 0 radical (unpaired) electrons. The minimum Gasteiger partial charge on any atom is -0.378 e. The Morgan fingerprint density at radius 3 is 2.58 bits per heavy atom. The summed E-state index contributed by atoms with van der Waals surface area (Å²) in [7, 11) is 5.75. The largest absolute Gasteiger partial charge is 0.378 e. The standard InChI is InChI=1S/C18H25N3O3/c1-19(2)15-6-4-5-14(11-15)17(23)21-9-7-18(8-10-21)13-20(3)16(22)12-24-18/h4-6,11H,7-10,12-13H2,1-3H3. The molecule has 2 heterocycles. The van der Waals surface area contributed by atoms with Crippen LogP contribution in [0.25, 0.3) is 0 Å². The summed E-state index contributed by atoms with van der Waals surface area (Å²) in [6, 6.07) is 7.70. The molecule has 0 saturated carbocycles. The van der Waals surface area contributed by atoms with E-state index in [9.17, 15) is 9.59 Å². The predicted octanol–water partition coefficient (Wildman–Crippen LogP) is 1.22. The molecule has 0 N–H and O–H groups in total. The Morgan fingerprint density at radius 1 is 1.25 bits per heavy atom. The number of carbonyl (C=O) groups is 2. The second-order valence-corrected chi connectivity index (χ2v) is 6.96. The Balaban J connectivity index is 1.65. The van der Waals surface area contributed by atoms with Crippen molar-refractivity contribution >= 4 is 17.5 Å². The van der Waals surface area contributed by atoms with E-state index < -0.39 is 0 Å². The predicted molar refractivity (Wildman–Crippen MR) is 92.2 cm³/mol. The minimum absolute atomic E-state index is 0.0274. The molecule has 2 fully saturated rings. The van der Waals surface area contributed by atoms with Crippen LogP contribution < -0.4 is 4.90 Å². The number of rotatable bonds is 2. The zero-order valence-electron chi connectivity index (χ0n) is 14.6. The fourth-order valence-corrected chi connectivity index (χ4v) is 3.41. The van der Waals surface area contributed by atoms with E-state index >= 15 is 0 Å². The first-order valence-electron chi connectivity index (χ1n) is 8.35. The summed E-state index contributed by atoms with van der Waals surface area (Å²) in [6.07, 6.45) is 1.54. The number of morpholine rings is 1. The van der Waals surface area contributed by atoms with Crippen molar-refractivity contribution in [1.82, 2.24) is 9.80 Å². The molecule has 3 rings (SSSR count). The molecule has 2 saturated heterocycles. The molecule has 2 aliphatic heterocycles. The van der Waals surface area contributed by atoms with E-state index in [-0.39, 0.29) is 24.0 Å². The van der Waals surface area contributed by atoms with Gasteiger partial charge in [-0.1, -0.05) is 6.07 Å². The third-order valence-electron chi connectivity index (χ3n) is 5.02. The zero-order valence-corrected chi connectivity index (χ0v) is 14.6. The fourth-order valence-electron chi connectivity index (χ4n) is 3.41. The van der Waals surface area contributed by atoms with E-state index in [1.807, 2.05) is 55.2 Å². The highest BCUT2D eigenvalue weighted by atomic mass is 16.5. The van der Waals surface area contributed by atoms with Gasteiger partial charge >= 0.3 is 0 Å². The van der Waals surface area contributed by atoms with Gasteiger partial charge in [-0.05, 0) is 31.0 Å². The molecule has 1 aromatic rings. The summed E-state index contributed by atoms with van der Waals surface area (Å²) in [5, 5.41) is 0. The number of hydrogen-bond donors (Lipinski definition) is 0. The van der Waals surface area contributed by atoms with Crippen LogP contribution in [0.4, 0.5) is 5.69 Å². The molecule has 6 heteroatoms. The number of likely N-dealkylation sites (N-methyl/N-ethyl adjacent to an activating group) is 1. The lowest BCUT2D eigenvalue weighted by atomic mass is 9.89. The summed E-state index contributed by atoms with van der Waals surface area (Å²) in [4.78, 5) is 30.0. The number of ether oxygens (including phenoxy) is 1. The maximum Gasteiger partial charge on any atom is 0.253 e. The van der Waals surface area contributed by atoms with Crippen molar-refractivity contribution in [2.75, 3.05) is 52.3 Å². The summed E-state index contributed by atoms with van der Waals surface area (Å²) in [5.74, 6) is 0.0911. The van der Waals surface area contributed by atoms with E-state index in [1.54, 1.807) is 4.90 Å². The first kappa shape index (κ1) is 16.8. The third-order valence-corrected chi connectivity index (χ3v) is 5.02. The fraction of sp³-hybridized carbons (Fsp3) is 0.556. The Kier molecular flexibility index (Phi) is 4.49. The van der Waals surface area contributed by atoms with Gasteiger partial charge < -0.3 is 19.4 Å². The summed E-state index contributed by atoms with van der Waals surface area (Å²) in [5.41, 5.74) is 1.45. The smallest absolute Gasteiger partial charge is 0.253 e. The van der Waals surface area contributed by atoms with Gasteiger partial charge in [0.25, 0.3) is 5.91 Å². The van der Waals surface area contributed by atoms with Crippen molar-refractivity contribution in [2.45, 2.75) is 18.4 Å². The lowest BCUT2D eigenvalue weighted by Gasteiger charge is -2.46. The SMILES string of the molecule is CN1CC2(CCN(C(=O)c3cccc(N(C)C)c3)CC2)OCC1=O. The van der Waals surface area contributed by atoms with Crippen molar-refractivity contribution in [3.05, 3.63) is 29.8 Å². The zero-order chi connectivity index (χ0) is 17.3. The van der Waals surface area contributed by atoms with Gasteiger partial charge in [0, 0.05) is 52.0 Å². The Hall–Kier alpha value is -2.08. The molecule has 24 heavy (non-hydrogen) atoms. The van der Waals surface area contributed by atoms with Crippen molar-refractivity contribution in [3.8, 4) is 0 Å². The molecule has 0 aromatic heterocycles. The Labute approximate surface area is 143 Å². The second-order valence-electron chi connectivity index (χ2n) is 6.96. The van der Waals surface area contributed by atoms with Crippen LogP contribution in [0.5, 0.6) is 0 Å². The van der Waals surface area contributed by atoms with Crippen molar-refractivity contribution in [1.29, 1.82) is 0 Å². The number of benzene rings is 1. The van der Waals surface area contributed by atoms with Crippen LogP contribution in [0, 0.1) is 0 Å². The van der Waals surface area contributed by atoms with Gasteiger partial charge in [-0.2, -0.15) is 0 Å². The van der Waals surface area contributed by atoms with Gasteiger partial charge in [-0.15, -0.1) is 0 Å². The topological polar surface area (TPSA) is 53.1 Å². The van der Waals surface area contributed by atoms with Gasteiger partial charge in [0.05, 0.1) is 5.60 Å². The normalized spacial score (nSPS) is 20.4. The highest BCUT2D eigenvalue weighted by molar-refractivity contribution is 5.95. The second kappa shape index (κ2) is 6.43. The first-order chi connectivity index (χ1) is 11.4. The van der Waals surface area contributed by atoms with E-state index in [4.69, 9.17) is 4.74 Å². The van der Waals surface area contributed by atoms with Crippen molar-refractivity contribution in [2.24, 2.45) is 0 Å². The summed E-state index contributed by atoms with van der Waals surface area (Å²) in [6.45, 7) is 2.08. The maximum atomic E-state index is 12.8. The number of likely N-dealkylation sites (tertiary alicyclic amines) is 1. The molecule has 2 aliphatic rings. The molecule has 1 aromatic carbocycles. The van der Waals surface area contributed by atoms with Gasteiger partial charge in [-0.3, -0.25) is 9.59 Å². The van der Waals surface area contributed by atoms with Crippen LogP contribution in [-0.2, 0) is 9.53 Å². The molecule has 0 aliphatic carbocycles. The monoisotopic (exact) mass is 331 g/mol. The van der Waals surface area contributed by atoms with Gasteiger partial charge in [0.1, 0.15) is 6.61 Å². The number of hydrogen-bond acceptors (Lipinski definition) is 4. The van der Waals surface area contributed by atoms with E-state index in [1.165, 1.54) is 0 Å². The molecule has 0 atom stereocenters. The lowest BCUT2D eigenvalue weighted by Crippen LogP contribution is -2.58. The van der Waals surface area contributed by atoms with Crippen LogP contribution >= 0.6 is 0 Å². The van der Waals surface area contributed by atoms with Crippen LogP contribution in [0.3, 0.4) is 0 Å². The Bertz CT molecular complexity index is 636. The van der Waals surface area contributed by atoms with Crippen molar-refractivity contribution in [3.63, 3.8) is 0 Å². The van der Waals surface area contributed by atoms with E-state index in [0.29, 0.717) is 25.2 Å². The molecule has 1 spiro atoms. The number of anilines is 1. The number of piperidine rings is 1. The maximum absolute atomic E-state index is 12.8. The lowest BCUT2D eigenvalue weighted by molar-refractivity contribution is -0.167. The van der Waals surface area contributed by atoms with Crippen LogP contribution in [0.2, 0.25) is 0 Å². The Morgan fingerprint density at radius 2 is 1.96 bits per heavy atom. The molecule has 0 unspecified atom stereocenters. The third kappa shape index (κ3) is 3.24. The van der Waals surface area contributed by atoms with Crippen LogP contribution in [0.15, 0.2) is 24.3 Å². The minimum atomic E-state index is -0.287. The average molecular weight is 331 g/mol. The first-order valence-corrected chi connectivity index (χ1v) is 8.35. The highest BCUT2D eigenvalue weighted by Crippen LogP contribution is 2.30. The van der Waals surface area contributed by atoms with Gasteiger partial charge in [0.15, 0.2) is 0 Å². The molecule has 0 bridgehead atoms. The summed E-state index contributed by atoms with van der Waals surface area (Å²) >= 11 is 0. The van der Waals surface area contributed by atoms with E-state index in [2.05, 4.69) is 0 Å². The average Bonchev–Trinajstić information content (AvgIpc) is 2.59. The van der Waals surface area contributed by atoms with Gasteiger partial charge in [0.2, 0.25) is 5.91 Å². The number of carbonyl (C=O) groups excluding carboxylic acids is 2. The van der Waals surface area contributed by atoms with Gasteiger partial charge in [-0.25, -0.2) is 0 Å². The number of nitrogens with zero attached hydrogens (tertiary/aromatic N) is 3. The van der Waals surface area contributed by atoms with E-state index in [0.717, 1.165) is 18.5 Å². The van der Waals surface area contributed by atoms with Crippen LogP contribution in [-0.4, -0.2) is 74.6 Å². The molecule has 6 nitrogen and oxygen atoms in total. The van der Waals surface area contributed by atoms with Crippen LogP contribution in [0.1, 0.15) is 23.2 Å². The quantitative estimate of drug-likeness (QED) is 0.818. The molecular formula is C18H25N3O3. The number of amides is 2. The molecular weight excluding hydrogens is 306 g/mol.